The lowest BCUT2D eigenvalue weighted by Crippen LogP contribution is -2.40. The van der Waals surface area contributed by atoms with Gasteiger partial charge in [-0.2, -0.15) is 5.06 Å². The molecule has 0 bridgehead atoms. The average molecular weight is 483 g/mol. The largest absolute Gasteiger partial charge is 0.309 e. The molecule has 2 unspecified atom stereocenters. The first-order valence-electron chi connectivity index (χ1n) is 10.9. The predicted octanol–water partition coefficient (Wildman–Crippen LogP) is 5.90. The highest BCUT2D eigenvalue weighted by Crippen LogP contribution is 2.43. The molecule has 0 spiro atoms. The number of nitrogens with one attached hydrogen (secondary N) is 2. The first-order chi connectivity index (χ1) is 15.0. The van der Waals surface area contributed by atoms with Crippen molar-refractivity contribution < 1.29 is 13.6 Å². The SMILES string of the molecule is Cc1c(S)ccc(C2SC(C(=N)CC(=N)C(C)C)=NC2CON2CCC(F)(F)CC2)c1C. The van der Waals surface area contributed by atoms with Gasteiger partial charge in [-0.25, -0.2) is 8.78 Å². The van der Waals surface area contributed by atoms with Crippen molar-refractivity contribution >= 4 is 40.9 Å². The van der Waals surface area contributed by atoms with E-state index in [2.05, 4.69) is 25.6 Å². The number of hydrogen-bond donors (Lipinski definition) is 3. The van der Waals surface area contributed by atoms with Gasteiger partial charge < -0.3 is 10.8 Å². The normalized spacial score (nSPS) is 23.4. The Balaban J connectivity index is 1.78. The molecule has 0 radical (unpaired) electrons. The van der Waals surface area contributed by atoms with Crippen molar-refractivity contribution in [2.24, 2.45) is 10.9 Å². The minimum atomic E-state index is -2.61. The molecule has 5 nitrogen and oxygen atoms in total. The van der Waals surface area contributed by atoms with Gasteiger partial charge in [0.05, 0.1) is 23.6 Å². The van der Waals surface area contributed by atoms with E-state index in [1.165, 1.54) is 11.8 Å². The average Bonchev–Trinajstić information content (AvgIpc) is 3.15. The fourth-order valence-corrected chi connectivity index (χ4v) is 5.29. The van der Waals surface area contributed by atoms with Crippen molar-refractivity contribution in [2.75, 3.05) is 19.7 Å². The van der Waals surface area contributed by atoms with Crippen LogP contribution >= 0.6 is 24.4 Å². The van der Waals surface area contributed by atoms with Crippen LogP contribution in [0.25, 0.3) is 0 Å². The Labute approximate surface area is 198 Å². The van der Waals surface area contributed by atoms with Gasteiger partial charge in [0.1, 0.15) is 5.04 Å². The van der Waals surface area contributed by atoms with Crippen LogP contribution in [0.1, 0.15) is 55.1 Å². The quantitative estimate of drug-likeness (QED) is 0.319. The number of hydrogen-bond acceptors (Lipinski definition) is 7. The molecule has 2 heterocycles. The highest BCUT2D eigenvalue weighted by atomic mass is 32.2. The van der Waals surface area contributed by atoms with E-state index in [9.17, 15) is 8.78 Å². The van der Waals surface area contributed by atoms with E-state index in [1.807, 2.05) is 26.8 Å². The molecule has 1 aromatic rings. The van der Waals surface area contributed by atoms with Crippen LogP contribution in [0, 0.1) is 30.6 Å². The Bertz CT molecular complexity index is 910. The number of alkyl halides is 2. The number of aliphatic imine (C=N–C) groups is 1. The molecule has 1 saturated heterocycles. The van der Waals surface area contributed by atoms with E-state index in [-0.39, 0.29) is 56.2 Å². The van der Waals surface area contributed by atoms with Crippen molar-refractivity contribution in [2.45, 2.75) is 69.1 Å². The predicted molar refractivity (Wildman–Crippen MR) is 131 cm³/mol. The van der Waals surface area contributed by atoms with Crippen LogP contribution in [0.3, 0.4) is 0 Å². The Kier molecular flexibility index (Phi) is 8.17. The zero-order chi connectivity index (χ0) is 23.6. The summed E-state index contributed by atoms with van der Waals surface area (Å²) in [5.74, 6) is -2.53. The van der Waals surface area contributed by atoms with E-state index in [0.29, 0.717) is 16.5 Å². The molecule has 32 heavy (non-hydrogen) atoms. The Hall–Kier alpha value is -1.29. The van der Waals surface area contributed by atoms with E-state index >= 15 is 0 Å². The molecule has 0 aromatic heterocycles. The van der Waals surface area contributed by atoms with Gasteiger partial charge in [-0.05, 0) is 42.5 Å². The Morgan fingerprint density at radius 1 is 1.25 bits per heavy atom. The van der Waals surface area contributed by atoms with Crippen LogP contribution < -0.4 is 0 Å². The van der Waals surface area contributed by atoms with Crippen molar-refractivity contribution in [1.82, 2.24) is 5.06 Å². The third kappa shape index (κ3) is 5.98. The summed E-state index contributed by atoms with van der Waals surface area (Å²) in [6.45, 7) is 8.66. The molecular weight excluding hydrogens is 450 g/mol. The number of benzene rings is 1. The van der Waals surface area contributed by atoms with Crippen LogP contribution in [0.5, 0.6) is 0 Å². The van der Waals surface area contributed by atoms with Gasteiger partial charge >= 0.3 is 0 Å². The molecule has 0 saturated carbocycles. The lowest BCUT2D eigenvalue weighted by atomic mass is 9.97. The van der Waals surface area contributed by atoms with E-state index in [1.54, 1.807) is 5.06 Å². The maximum atomic E-state index is 13.5. The molecule has 2 atom stereocenters. The molecule has 1 aromatic carbocycles. The standard InChI is InChI=1S/C23H32F2N4OS2/c1-13(2)17(26)11-18(27)22-28-19(12-30-29-9-7-23(24,25)8-10-29)21(32-22)16-5-6-20(31)15(4)14(16)3/h5-6,13,19,21,26-27,31H,7-12H2,1-4H3. The fourth-order valence-electron chi connectivity index (χ4n) is 3.72. The Morgan fingerprint density at radius 3 is 2.53 bits per heavy atom. The van der Waals surface area contributed by atoms with E-state index in [0.717, 1.165) is 21.6 Å². The van der Waals surface area contributed by atoms with Crippen LogP contribution in [0.15, 0.2) is 22.0 Å². The second-order valence-electron chi connectivity index (χ2n) is 8.88. The number of thiol groups is 1. The molecule has 0 amide bonds. The van der Waals surface area contributed by atoms with Gasteiger partial charge in [0.2, 0.25) is 0 Å². The Morgan fingerprint density at radius 2 is 1.91 bits per heavy atom. The third-order valence-electron chi connectivity index (χ3n) is 6.18. The summed E-state index contributed by atoms with van der Waals surface area (Å²) in [5.41, 5.74) is 4.22. The van der Waals surface area contributed by atoms with Crippen LogP contribution in [0.2, 0.25) is 0 Å². The van der Waals surface area contributed by atoms with Gasteiger partial charge in [-0.15, -0.1) is 12.6 Å². The summed E-state index contributed by atoms with van der Waals surface area (Å²) in [4.78, 5) is 11.6. The second kappa shape index (κ2) is 10.3. The zero-order valence-corrected chi connectivity index (χ0v) is 20.8. The molecule has 9 heteroatoms. The lowest BCUT2D eigenvalue weighted by molar-refractivity contribution is -0.203. The molecular formula is C23H32F2N4OS2. The number of piperidine rings is 1. The van der Waals surface area contributed by atoms with E-state index < -0.39 is 5.92 Å². The molecule has 2 aliphatic rings. The van der Waals surface area contributed by atoms with Crippen molar-refractivity contribution in [3.63, 3.8) is 0 Å². The number of rotatable bonds is 8. The van der Waals surface area contributed by atoms with Gasteiger partial charge in [0.25, 0.3) is 5.92 Å². The topological polar surface area (TPSA) is 72.5 Å². The maximum absolute atomic E-state index is 13.5. The minimum absolute atomic E-state index is 0.0440. The third-order valence-corrected chi connectivity index (χ3v) is 8.06. The minimum Gasteiger partial charge on any atom is -0.309 e. The van der Waals surface area contributed by atoms with Gasteiger partial charge in [-0.3, -0.25) is 9.83 Å². The summed E-state index contributed by atoms with van der Waals surface area (Å²) in [6.07, 6.45) is -0.124. The summed E-state index contributed by atoms with van der Waals surface area (Å²) >= 11 is 6.06. The number of hydroxylamine groups is 2. The summed E-state index contributed by atoms with van der Waals surface area (Å²) < 4.78 is 26.9. The second-order valence-corrected chi connectivity index (χ2v) is 10.5. The van der Waals surface area contributed by atoms with Gasteiger partial charge in [0, 0.05) is 43.0 Å². The van der Waals surface area contributed by atoms with E-state index in [4.69, 9.17) is 20.6 Å². The highest BCUT2D eigenvalue weighted by molar-refractivity contribution is 8.16. The number of thioether (sulfide) groups is 1. The van der Waals surface area contributed by atoms with Crippen LogP contribution in [0.4, 0.5) is 8.78 Å². The van der Waals surface area contributed by atoms with Crippen LogP contribution in [-0.2, 0) is 4.84 Å². The lowest BCUT2D eigenvalue weighted by Gasteiger charge is -2.31. The van der Waals surface area contributed by atoms with Crippen molar-refractivity contribution in [3.05, 3.63) is 28.8 Å². The van der Waals surface area contributed by atoms with Crippen LogP contribution in [-0.4, -0.2) is 53.2 Å². The summed E-state index contributed by atoms with van der Waals surface area (Å²) in [6, 6.07) is 3.79. The number of halogens is 2. The summed E-state index contributed by atoms with van der Waals surface area (Å²) in [5, 5.41) is 18.8. The first kappa shape index (κ1) is 25.3. The molecule has 0 aliphatic carbocycles. The molecule has 2 aliphatic heterocycles. The fraction of sp³-hybridized carbons (Fsp3) is 0.609. The molecule has 3 rings (SSSR count). The maximum Gasteiger partial charge on any atom is 0.250 e. The van der Waals surface area contributed by atoms with Crippen molar-refractivity contribution in [3.8, 4) is 0 Å². The zero-order valence-electron chi connectivity index (χ0n) is 19.0. The highest BCUT2D eigenvalue weighted by Gasteiger charge is 2.37. The molecule has 2 N–H and O–H groups in total. The first-order valence-corrected chi connectivity index (χ1v) is 12.3. The van der Waals surface area contributed by atoms with Crippen molar-refractivity contribution in [1.29, 1.82) is 10.8 Å². The van der Waals surface area contributed by atoms with Gasteiger partial charge in [-0.1, -0.05) is 31.7 Å². The monoisotopic (exact) mass is 482 g/mol. The molecule has 1 fully saturated rings. The smallest absolute Gasteiger partial charge is 0.250 e. The van der Waals surface area contributed by atoms with Gasteiger partial charge in [0.15, 0.2) is 0 Å². The number of nitrogens with zero attached hydrogens (tertiary/aromatic N) is 2. The summed E-state index contributed by atoms with van der Waals surface area (Å²) in [7, 11) is 0. The molecule has 176 valence electrons.